The van der Waals surface area contributed by atoms with Crippen LogP contribution in [0.2, 0.25) is 0 Å². The highest BCUT2D eigenvalue weighted by Crippen LogP contribution is 2.10. The van der Waals surface area contributed by atoms with Crippen LogP contribution in [0.25, 0.3) is 0 Å². The third-order valence-corrected chi connectivity index (χ3v) is 3.23. The zero-order chi connectivity index (χ0) is 16.0. The van der Waals surface area contributed by atoms with E-state index in [9.17, 15) is 4.79 Å². The van der Waals surface area contributed by atoms with Gasteiger partial charge in [0.15, 0.2) is 0 Å². The molecule has 0 aromatic carbocycles. The average Bonchev–Trinajstić information content (AvgIpc) is 2.38. The second kappa shape index (κ2) is 13.1. The summed E-state index contributed by atoms with van der Waals surface area (Å²) in [6.07, 6.45) is 11.3. The van der Waals surface area contributed by atoms with Gasteiger partial charge in [0, 0.05) is 19.6 Å². The molecule has 0 aliphatic carbocycles. The highest BCUT2D eigenvalue weighted by atomic mass is 16.6. The van der Waals surface area contributed by atoms with Crippen LogP contribution in [0.3, 0.4) is 0 Å². The minimum Gasteiger partial charge on any atom is -0.460 e. The molecule has 0 saturated heterocycles. The van der Waals surface area contributed by atoms with E-state index in [0.717, 1.165) is 32.5 Å². The molecule has 0 aliphatic heterocycles. The third-order valence-electron chi connectivity index (χ3n) is 3.23. The van der Waals surface area contributed by atoms with Crippen LogP contribution in [0.4, 0.5) is 0 Å². The number of carbonyl (C=O) groups excluding carboxylic acids is 1. The van der Waals surface area contributed by atoms with E-state index in [1.807, 2.05) is 20.8 Å². The monoisotopic (exact) mass is 300 g/mol. The fraction of sp³-hybridized carbons (Fsp3) is 0.944. The summed E-state index contributed by atoms with van der Waals surface area (Å²) >= 11 is 0. The van der Waals surface area contributed by atoms with Crippen molar-refractivity contribution in [3.8, 4) is 0 Å². The van der Waals surface area contributed by atoms with E-state index < -0.39 is 0 Å². The maximum absolute atomic E-state index is 11.5. The van der Waals surface area contributed by atoms with Crippen LogP contribution in [-0.2, 0) is 14.3 Å². The van der Waals surface area contributed by atoms with E-state index in [2.05, 4.69) is 6.92 Å². The smallest absolute Gasteiger partial charge is 0.306 e. The van der Waals surface area contributed by atoms with Gasteiger partial charge in [-0.1, -0.05) is 45.4 Å². The molecule has 0 unspecified atom stereocenters. The number of ether oxygens (including phenoxy) is 2. The van der Waals surface area contributed by atoms with Crippen LogP contribution in [0.1, 0.15) is 91.9 Å². The standard InChI is InChI=1S/C18H36O3/c1-5-6-7-8-9-12-15-20-16-13-10-11-14-17(19)21-18(2,3)4/h5-16H2,1-4H3. The van der Waals surface area contributed by atoms with Crippen molar-refractivity contribution in [1.82, 2.24) is 0 Å². The van der Waals surface area contributed by atoms with E-state index in [1.54, 1.807) is 0 Å². The molecule has 0 heterocycles. The van der Waals surface area contributed by atoms with Gasteiger partial charge in [-0.2, -0.15) is 0 Å². The number of unbranched alkanes of at least 4 members (excludes halogenated alkanes) is 7. The molecule has 21 heavy (non-hydrogen) atoms. The lowest BCUT2D eigenvalue weighted by atomic mass is 10.1. The third kappa shape index (κ3) is 17.4. The molecule has 0 N–H and O–H groups in total. The first kappa shape index (κ1) is 20.4. The van der Waals surface area contributed by atoms with Crippen molar-refractivity contribution in [3.63, 3.8) is 0 Å². The van der Waals surface area contributed by atoms with Crippen LogP contribution in [0.15, 0.2) is 0 Å². The highest BCUT2D eigenvalue weighted by molar-refractivity contribution is 5.69. The Kier molecular flexibility index (Phi) is 12.8. The van der Waals surface area contributed by atoms with Crippen molar-refractivity contribution >= 4 is 5.97 Å². The molecule has 0 aromatic rings. The Balaban J connectivity index is 3.17. The molecule has 3 nitrogen and oxygen atoms in total. The zero-order valence-electron chi connectivity index (χ0n) is 14.7. The minimum atomic E-state index is -0.364. The first-order valence-electron chi connectivity index (χ1n) is 8.75. The van der Waals surface area contributed by atoms with Crippen LogP contribution >= 0.6 is 0 Å². The first-order valence-corrected chi connectivity index (χ1v) is 8.75. The number of carbonyl (C=O) groups is 1. The quantitative estimate of drug-likeness (QED) is 0.343. The van der Waals surface area contributed by atoms with Crippen LogP contribution in [-0.4, -0.2) is 24.8 Å². The Morgan fingerprint density at radius 2 is 1.33 bits per heavy atom. The van der Waals surface area contributed by atoms with E-state index in [-0.39, 0.29) is 11.6 Å². The van der Waals surface area contributed by atoms with Gasteiger partial charge in [-0.25, -0.2) is 0 Å². The second-order valence-corrected chi connectivity index (χ2v) is 6.78. The molecule has 0 fully saturated rings. The Morgan fingerprint density at radius 1 is 0.810 bits per heavy atom. The summed E-state index contributed by atoms with van der Waals surface area (Å²) < 4.78 is 10.9. The van der Waals surface area contributed by atoms with Crippen molar-refractivity contribution in [2.45, 2.75) is 97.5 Å². The highest BCUT2D eigenvalue weighted by Gasteiger charge is 2.15. The molecular weight excluding hydrogens is 264 g/mol. The molecule has 0 spiro atoms. The van der Waals surface area contributed by atoms with Crippen LogP contribution < -0.4 is 0 Å². The lowest BCUT2D eigenvalue weighted by molar-refractivity contribution is -0.154. The summed E-state index contributed by atoms with van der Waals surface area (Å²) in [5.74, 6) is -0.0875. The van der Waals surface area contributed by atoms with E-state index >= 15 is 0 Å². The van der Waals surface area contributed by atoms with Crippen molar-refractivity contribution in [2.24, 2.45) is 0 Å². The molecule has 0 rings (SSSR count). The molecule has 3 heteroatoms. The average molecular weight is 300 g/mol. The van der Waals surface area contributed by atoms with Gasteiger partial charge in [0.25, 0.3) is 0 Å². The summed E-state index contributed by atoms with van der Waals surface area (Å²) in [7, 11) is 0. The number of hydrogen-bond donors (Lipinski definition) is 0. The molecule has 126 valence electrons. The summed E-state index contributed by atoms with van der Waals surface area (Å²) in [5, 5.41) is 0. The maximum atomic E-state index is 11.5. The topological polar surface area (TPSA) is 35.5 Å². The zero-order valence-corrected chi connectivity index (χ0v) is 14.7. The van der Waals surface area contributed by atoms with Gasteiger partial charge < -0.3 is 9.47 Å². The summed E-state index contributed by atoms with van der Waals surface area (Å²) in [6, 6.07) is 0. The fourth-order valence-electron chi connectivity index (χ4n) is 2.13. The lowest BCUT2D eigenvalue weighted by Crippen LogP contribution is -2.23. The van der Waals surface area contributed by atoms with Crippen molar-refractivity contribution in [1.29, 1.82) is 0 Å². The van der Waals surface area contributed by atoms with Gasteiger partial charge >= 0.3 is 5.97 Å². The summed E-state index contributed by atoms with van der Waals surface area (Å²) in [6.45, 7) is 9.66. The molecule has 0 atom stereocenters. The van der Waals surface area contributed by atoms with Gasteiger partial charge in [0.05, 0.1) is 0 Å². The van der Waals surface area contributed by atoms with Gasteiger partial charge in [-0.05, 0) is 40.0 Å². The Hall–Kier alpha value is -0.570. The second-order valence-electron chi connectivity index (χ2n) is 6.78. The molecular formula is C18H36O3. The molecule has 0 radical (unpaired) electrons. The number of hydrogen-bond acceptors (Lipinski definition) is 3. The van der Waals surface area contributed by atoms with E-state index in [0.29, 0.717) is 6.42 Å². The molecule has 0 bridgehead atoms. The Bertz CT molecular complexity index is 243. The van der Waals surface area contributed by atoms with Crippen LogP contribution in [0.5, 0.6) is 0 Å². The normalized spacial score (nSPS) is 11.6. The minimum absolute atomic E-state index is 0.0875. The Labute approximate surface area is 131 Å². The van der Waals surface area contributed by atoms with Crippen molar-refractivity contribution < 1.29 is 14.3 Å². The molecule has 0 amide bonds. The largest absolute Gasteiger partial charge is 0.460 e. The molecule has 0 aromatic heterocycles. The van der Waals surface area contributed by atoms with Gasteiger partial charge in [-0.15, -0.1) is 0 Å². The summed E-state index contributed by atoms with van der Waals surface area (Å²) in [4.78, 5) is 11.5. The molecule has 0 aliphatic rings. The van der Waals surface area contributed by atoms with Crippen molar-refractivity contribution in [3.05, 3.63) is 0 Å². The predicted octanol–water partition coefficient (Wildman–Crippen LogP) is 5.27. The Morgan fingerprint density at radius 3 is 1.90 bits per heavy atom. The van der Waals surface area contributed by atoms with Gasteiger partial charge in [0.2, 0.25) is 0 Å². The first-order chi connectivity index (χ1) is 9.95. The van der Waals surface area contributed by atoms with Crippen molar-refractivity contribution in [2.75, 3.05) is 13.2 Å². The molecule has 0 saturated carbocycles. The van der Waals surface area contributed by atoms with Gasteiger partial charge in [-0.3, -0.25) is 4.79 Å². The van der Waals surface area contributed by atoms with E-state index in [4.69, 9.17) is 9.47 Å². The van der Waals surface area contributed by atoms with Gasteiger partial charge in [0.1, 0.15) is 5.60 Å². The SMILES string of the molecule is CCCCCCCCOCCCCCC(=O)OC(C)(C)C. The lowest BCUT2D eigenvalue weighted by Gasteiger charge is -2.19. The van der Waals surface area contributed by atoms with Crippen LogP contribution in [0, 0.1) is 0 Å². The predicted molar refractivity (Wildman–Crippen MR) is 88.5 cm³/mol. The maximum Gasteiger partial charge on any atom is 0.306 e. The fourth-order valence-corrected chi connectivity index (χ4v) is 2.13. The van der Waals surface area contributed by atoms with E-state index in [1.165, 1.54) is 38.5 Å². The summed E-state index contributed by atoms with van der Waals surface area (Å²) in [5.41, 5.74) is -0.364. The number of esters is 1. The number of rotatable bonds is 13.